The Balaban J connectivity index is 0.00000484. The maximum atomic E-state index is 12.0. The number of hydrogen-bond donors (Lipinski definition) is 2. The first-order valence-corrected chi connectivity index (χ1v) is 9.77. The first-order chi connectivity index (χ1) is 10.2. The monoisotopic (exact) mass is 471 g/mol. The SMILES string of the molecule is CN=C(NCCS(=O)C(C)(C)C)NC(C)Cc1ccc(C)s1.I. The molecule has 1 heterocycles. The Morgan fingerprint density at radius 2 is 2.04 bits per heavy atom. The summed E-state index contributed by atoms with van der Waals surface area (Å²) < 4.78 is 11.8. The van der Waals surface area contributed by atoms with Gasteiger partial charge in [-0.1, -0.05) is 0 Å². The fourth-order valence-electron chi connectivity index (χ4n) is 1.94. The van der Waals surface area contributed by atoms with Gasteiger partial charge in [-0.3, -0.25) is 9.20 Å². The van der Waals surface area contributed by atoms with E-state index in [1.807, 2.05) is 32.1 Å². The van der Waals surface area contributed by atoms with Gasteiger partial charge >= 0.3 is 0 Å². The molecule has 0 aliphatic rings. The van der Waals surface area contributed by atoms with E-state index in [-0.39, 0.29) is 28.7 Å². The molecule has 7 heteroatoms. The number of rotatable bonds is 6. The number of halogens is 1. The largest absolute Gasteiger partial charge is 0.355 e. The van der Waals surface area contributed by atoms with Crippen molar-refractivity contribution < 1.29 is 4.21 Å². The van der Waals surface area contributed by atoms with Crippen molar-refractivity contribution in [1.82, 2.24) is 10.6 Å². The van der Waals surface area contributed by atoms with Gasteiger partial charge in [0.25, 0.3) is 0 Å². The van der Waals surface area contributed by atoms with E-state index in [9.17, 15) is 4.21 Å². The minimum Gasteiger partial charge on any atom is -0.355 e. The van der Waals surface area contributed by atoms with Crippen LogP contribution in [0, 0.1) is 6.92 Å². The fourth-order valence-corrected chi connectivity index (χ4v) is 3.86. The van der Waals surface area contributed by atoms with E-state index in [4.69, 9.17) is 0 Å². The average molecular weight is 471 g/mol. The highest BCUT2D eigenvalue weighted by atomic mass is 127. The van der Waals surface area contributed by atoms with Crippen molar-refractivity contribution in [3.63, 3.8) is 0 Å². The third-order valence-corrected chi connectivity index (χ3v) is 6.14. The van der Waals surface area contributed by atoms with Gasteiger partial charge < -0.3 is 10.6 Å². The van der Waals surface area contributed by atoms with Gasteiger partial charge in [-0.25, -0.2) is 0 Å². The highest BCUT2D eigenvalue weighted by Crippen LogP contribution is 2.16. The van der Waals surface area contributed by atoms with Gasteiger partial charge in [0.05, 0.1) is 0 Å². The van der Waals surface area contributed by atoms with Crippen LogP contribution in [0.25, 0.3) is 0 Å². The van der Waals surface area contributed by atoms with Crippen molar-refractivity contribution in [3.8, 4) is 0 Å². The van der Waals surface area contributed by atoms with E-state index in [2.05, 4.69) is 41.6 Å². The molecule has 0 saturated carbocycles. The van der Waals surface area contributed by atoms with Crippen molar-refractivity contribution in [2.75, 3.05) is 19.3 Å². The molecule has 0 aliphatic carbocycles. The van der Waals surface area contributed by atoms with Crippen LogP contribution in [0.4, 0.5) is 0 Å². The molecule has 0 saturated heterocycles. The van der Waals surface area contributed by atoms with E-state index in [1.165, 1.54) is 9.75 Å². The summed E-state index contributed by atoms with van der Waals surface area (Å²) in [5.41, 5.74) is 0. The van der Waals surface area contributed by atoms with Crippen LogP contribution >= 0.6 is 35.3 Å². The number of hydrogen-bond acceptors (Lipinski definition) is 3. The zero-order valence-corrected chi connectivity index (χ0v) is 18.9. The Bertz CT molecular complexity index is 524. The third-order valence-electron chi connectivity index (χ3n) is 3.17. The molecule has 134 valence electrons. The number of aryl methyl sites for hydroxylation is 1. The van der Waals surface area contributed by atoms with Crippen molar-refractivity contribution >= 4 is 52.1 Å². The number of thiophene rings is 1. The smallest absolute Gasteiger partial charge is 0.191 e. The van der Waals surface area contributed by atoms with Crippen LogP contribution in [0.15, 0.2) is 17.1 Å². The van der Waals surface area contributed by atoms with Gasteiger partial charge in [-0.15, -0.1) is 35.3 Å². The second kappa shape index (κ2) is 10.7. The minimum absolute atomic E-state index is 0. The lowest BCUT2D eigenvalue weighted by atomic mass is 10.2. The zero-order chi connectivity index (χ0) is 16.8. The predicted octanol–water partition coefficient (Wildman–Crippen LogP) is 3.32. The van der Waals surface area contributed by atoms with Crippen LogP contribution in [-0.4, -0.2) is 40.3 Å². The standard InChI is InChI=1S/C16H29N3OS2.HI/c1-12(11-14-8-7-13(2)21-14)19-15(17-6)18-9-10-22(20)16(3,4)5;/h7-8,12H,9-11H2,1-6H3,(H2,17,18,19);1H. The van der Waals surface area contributed by atoms with Crippen LogP contribution in [0.1, 0.15) is 37.4 Å². The molecular formula is C16H30IN3OS2. The lowest BCUT2D eigenvalue weighted by molar-refractivity contribution is 0.640. The van der Waals surface area contributed by atoms with E-state index in [1.54, 1.807) is 7.05 Å². The number of nitrogens with zero attached hydrogens (tertiary/aromatic N) is 1. The lowest BCUT2D eigenvalue weighted by Gasteiger charge is -2.20. The summed E-state index contributed by atoms with van der Waals surface area (Å²) in [6.07, 6.45) is 0.979. The number of aliphatic imine (C=N–C) groups is 1. The van der Waals surface area contributed by atoms with Gasteiger partial charge in [0.15, 0.2) is 5.96 Å². The van der Waals surface area contributed by atoms with Gasteiger partial charge in [0, 0.05) is 57.1 Å². The summed E-state index contributed by atoms with van der Waals surface area (Å²) in [4.78, 5) is 6.95. The van der Waals surface area contributed by atoms with Crippen LogP contribution in [0.2, 0.25) is 0 Å². The fraction of sp³-hybridized carbons (Fsp3) is 0.688. The molecule has 0 fully saturated rings. The maximum Gasteiger partial charge on any atom is 0.191 e. The average Bonchev–Trinajstić information content (AvgIpc) is 2.81. The second-order valence-electron chi connectivity index (χ2n) is 6.42. The molecule has 2 atom stereocenters. The van der Waals surface area contributed by atoms with Gasteiger partial charge in [-0.2, -0.15) is 0 Å². The quantitative estimate of drug-likeness (QED) is 0.380. The number of nitrogens with one attached hydrogen (secondary N) is 2. The maximum absolute atomic E-state index is 12.0. The summed E-state index contributed by atoms with van der Waals surface area (Å²) in [6.45, 7) is 10.9. The van der Waals surface area contributed by atoms with E-state index in [0.717, 1.165) is 12.4 Å². The highest BCUT2D eigenvalue weighted by Gasteiger charge is 2.18. The lowest BCUT2D eigenvalue weighted by Crippen LogP contribution is -2.44. The predicted molar refractivity (Wildman–Crippen MR) is 115 cm³/mol. The molecule has 1 aromatic heterocycles. The molecule has 2 N–H and O–H groups in total. The van der Waals surface area contributed by atoms with E-state index >= 15 is 0 Å². The summed E-state index contributed by atoms with van der Waals surface area (Å²) in [7, 11) is 0.921. The van der Waals surface area contributed by atoms with Gasteiger partial charge in [-0.05, 0) is 46.8 Å². The van der Waals surface area contributed by atoms with Crippen molar-refractivity contribution in [3.05, 3.63) is 21.9 Å². The van der Waals surface area contributed by atoms with E-state index in [0.29, 0.717) is 18.3 Å². The van der Waals surface area contributed by atoms with Crippen molar-refractivity contribution in [1.29, 1.82) is 0 Å². The Hall–Kier alpha value is -0.150. The van der Waals surface area contributed by atoms with E-state index < -0.39 is 10.8 Å². The zero-order valence-electron chi connectivity index (χ0n) is 14.9. The first kappa shape index (κ1) is 22.9. The summed E-state index contributed by atoms with van der Waals surface area (Å²) in [6, 6.07) is 4.64. The van der Waals surface area contributed by atoms with Crippen LogP contribution < -0.4 is 10.6 Å². The Morgan fingerprint density at radius 1 is 1.39 bits per heavy atom. The van der Waals surface area contributed by atoms with Crippen LogP contribution in [-0.2, 0) is 17.2 Å². The summed E-state index contributed by atoms with van der Waals surface area (Å²) in [5, 5.41) is 6.63. The Kier molecular flexibility index (Phi) is 10.6. The van der Waals surface area contributed by atoms with Gasteiger partial charge in [0.2, 0.25) is 0 Å². The summed E-state index contributed by atoms with van der Waals surface area (Å²) >= 11 is 1.83. The third kappa shape index (κ3) is 9.05. The Morgan fingerprint density at radius 3 is 2.52 bits per heavy atom. The molecular weight excluding hydrogens is 441 g/mol. The molecule has 0 radical (unpaired) electrons. The van der Waals surface area contributed by atoms with Gasteiger partial charge in [0.1, 0.15) is 0 Å². The Labute approximate surface area is 164 Å². The number of guanidine groups is 1. The van der Waals surface area contributed by atoms with Crippen LogP contribution in [0.3, 0.4) is 0 Å². The van der Waals surface area contributed by atoms with Crippen molar-refractivity contribution in [2.45, 2.75) is 51.8 Å². The molecule has 0 aromatic carbocycles. The highest BCUT2D eigenvalue weighted by molar-refractivity contribution is 14.0. The molecule has 0 bridgehead atoms. The molecule has 1 aromatic rings. The molecule has 0 spiro atoms. The normalized spacial score (nSPS) is 14.8. The van der Waals surface area contributed by atoms with Crippen LogP contribution in [0.5, 0.6) is 0 Å². The van der Waals surface area contributed by atoms with Crippen molar-refractivity contribution in [2.24, 2.45) is 4.99 Å². The molecule has 1 rings (SSSR count). The topological polar surface area (TPSA) is 53.5 Å². The molecule has 4 nitrogen and oxygen atoms in total. The molecule has 0 amide bonds. The second-order valence-corrected chi connectivity index (χ2v) is 10.1. The molecule has 23 heavy (non-hydrogen) atoms. The minimum atomic E-state index is -0.841. The molecule has 2 unspecified atom stereocenters. The molecule has 0 aliphatic heterocycles. The summed E-state index contributed by atoms with van der Waals surface area (Å²) in [5.74, 6) is 1.40. The first-order valence-electron chi connectivity index (χ1n) is 7.63.